The molecule has 3 aromatic rings. The van der Waals surface area contributed by atoms with E-state index in [0.29, 0.717) is 19.8 Å². The highest BCUT2D eigenvalue weighted by atomic mass is 28.4. The van der Waals surface area contributed by atoms with Crippen molar-refractivity contribution in [3.8, 4) is 0 Å². The Morgan fingerprint density at radius 3 is 1.48 bits per heavy atom. The van der Waals surface area contributed by atoms with Crippen molar-refractivity contribution in [3.05, 3.63) is 108 Å². The fraction of sp³-hybridized carbons (Fsp3) is 0.514. The molecule has 0 bridgehead atoms. The molecule has 0 aliphatic heterocycles. The van der Waals surface area contributed by atoms with Crippen LogP contribution >= 0.6 is 0 Å². The lowest BCUT2D eigenvalue weighted by Gasteiger charge is -2.50. The molecule has 2 saturated carbocycles. The zero-order chi connectivity index (χ0) is 31.6. The van der Waals surface area contributed by atoms with Gasteiger partial charge >= 0.3 is 0 Å². The largest absolute Gasteiger partial charge is 0.411 e. The maximum atomic E-state index is 7.34. The molecule has 0 saturated heterocycles. The number of hydrogen-bond acceptors (Lipinski definition) is 5. The number of hydrogen-bond donors (Lipinski definition) is 0. The third-order valence-corrected chi connectivity index (χ3v) is 14.9. The average Bonchev–Trinajstić information content (AvgIpc) is 3.69. The molecule has 2 aliphatic carbocycles. The van der Waals surface area contributed by atoms with Crippen LogP contribution in [-0.2, 0) is 42.9 Å². The summed E-state index contributed by atoms with van der Waals surface area (Å²) in [6.07, 6.45) is -0.282. The van der Waals surface area contributed by atoms with Crippen molar-refractivity contribution in [1.29, 1.82) is 0 Å². The van der Waals surface area contributed by atoms with E-state index in [2.05, 4.69) is 126 Å². The highest BCUT2D eigenvalue weighted by Gasteiger charge is 2.73. The summed E-state index contributed by atoms with van der Waals surface area (Å²) >= 11 is 0. The van der Waals surface area contributed by atoms with Crippen LogP contribution in [0.15, 0.2) is 91.0 Å². The van der Waals surface area contributed by atoms with Crippen LogP contribution in [0.4, 0.5) is 0 Å². The van der Waals surface area contributed by atoms with Crippen LogP contribution in [0.3, 0.4) is 0 Å². The molecule has 0 heterocycles. The number of fused-ring (bicyclic) bond motifs is 1. The number of rotatable bonds is 13. The molecule has 0 N–H and O–H groups in total. The minimum absolute atomic E-state index is 0.0508. The van der Waals surface area contributed by atoms with Crippen molar-refractivity contribution in [1.82, 2.24) is 0 Å². The van der Waals surface area contributed by atoms with Crippen LogP contribution in [0.2, 0.25) is 37.8 Å². The molecule has 0 spiro atoms. The molecule has 238 valence electrons. The summed E-state index contributed by atoms with van der Waals surface area (Å²) in [6, 6.07) is 31.2. The van der Waals surface area contributed by atoms with Crippen molar-refractivity contribution in [2.45, 2.75) is 115 Å². The molecule has 0 unspecified atom stereocenters. The van der Waals surface area contributed by atoms with Gasteiger partial charge in [0.05, 0.1) is 31.5 Å². The van der Waals surface area contributed by atoms with E-state index >= 15 is 0 Å². The first-order valence-corrected chi connectivity index (χ1v) is 22.5. The minimum Gasteiger partial charge on any atom is -0.411 e. The van der Waals surface area contributed by atoms with E-state index < -0.39 is 22.2 Å². The molecular weight excluding hydrogens is 581 g/mol. The van der Waals surface area contributed by atoms with Crippen molar-refractivity contribution in [2.75, 3.05) is 0 Å². The Kier molecular flexibility index (Phi) is 10.1. The molecule has 2 fully saturated rings. The van der Waals surface area contributed by atoms with Crippen LogP contribution < -0.4 is 0 Å². The molecule has 6 atom stereocenters. The van der Waals surface area contributed by atoms with Crippen LogP contribution in [0, 0.1) is 5.92 Å². The van der Waals surface area contributed by atoms with Crippen molar-refractivity contribution >= 4 is 16.6 Å². The first-order chi connectivity index (χ1) is 20.8. The summed E-state index contributed by atoms with van der Waals surface area (Å²) in [5.74, 6) is 0.168. The summed E-state index contributed by atoms with van der Waals surface area (Å²) in [5, 5.41) is 0.0508. The lowest BCUT2D eigenvalue weighted by atomic mass is 9.86. The minimum atomic E-state index is -2.18. The maximum Gasteiger partial charge on any atom is 0.192 e. The quantitative estimate of drug-likeness (QED) is 0.176. The van der Waals surface area contributed by atoms with Gasteiger partial charge in [-0.3, -0.25) is 0 Å². The van der Waals surface area contributed by atoms with Gasteiger partial charge in [0.1, 0.15) is 18.3 Å². The van der Waals surface area contributed by atoms with Gasteiger partial charge in [0, 0.05) is 5.92 Å². The van der Waals surface area contributed by atoms with Gasteiger partial charge in [0.2, 0.25) is 0 Å². The van der Waals surface area contributed by atoms with Gasteiger partial charge in [-0.1, -0.05) is 112 Å². The van der Waals surface area contributed by atoms with Gasteiger partial charge in [-0.05, 0) is 60.9 Å². The predicted octanol–water partition coefficient (Wildman–Crippen LogP) is 8.76. The lowest BCUT2D eigenvalue weighted by molar-refractivity contribution is -0.229. The Bertz CT molecular complexity index is 1320. The van der Waals surface area contributed by atoms with E-state index in [1.165, 1.54) is 0 Å². The fourth-order valence-electron chi connectivity index (χ4n) is 6.19. The Morgan fingerprint density at radius 1 is 0.614 bits per heavy atom. The van der Waals surface area contributed by atoms with Gasteiger partial charge in [-0.25, -0.2) is 0 Å². The van der Waals surface area contributed by atoms with Crippen LogP contribution in [0.1, 0.15) is 43.9 Å². The predicted molar refractivity (Wildman–Crippen MR) is 182 cm³/mol. The summed E-state index contributed by atoms with van der Waals surface area (Å²) in [7, 11) is -4.16. The monoisotopic (exact) mass is 632 g/mol. The number of ether oxygens (including phenoxy) is 3. The van der Waals surface area contributed by atoms with Gasteiger partial charge in [-0.15, -0.1) is 0 Å². The van der Waals surface area contributed by atoms with Gasteiger partial charge < -0.3 is 23.1 Å². The third kappa shape index (κ3) is 7.81. The molecule has 5 nitrogen and oxygen atoms in total. The second-order valence-electron chi connectivity index (χ2n) is 15.1. The molecule has 2 aliphatic rings. The van der Waals surface area contributed by atoms with E-state index in [9.17, 15) is 0 Å². The van der Waals surface area contributed by atoms with Gasteiger partial charge in [0.15, 0.2) is 16.6 Å². The summed E-state index contributed by atoms with van der Waals surface area (Å²) in [5.41, 5.74) is 2.92. The normalized spacial score (nSPS) is 27.1. The summed E-state index contributed by atoms with van der Waals surface area (Å²) < 4.78 is 35.4. The van der Waals surface area contributed by atoms with Gasteiger partial charge in [0.25, 0.3) is 0 Å². The molecule has 7 heteroatoms. The number of benzene rings is 3. The SMILES string of the molecule is CC(C)(C)[Si](C)(C)O[C@@H]1[C@H](OCc2ccccc2)[C@@H](OCc2ccccc2)[C@H](OCc2ccccc2)[C@@]2(O[Si](C)(C)C)C[C@@H]12. The second kappa shape index (κ2) is 13.3. The Balaban J connectivity index is 1.55. The Morgan fingerprint density at radius 2 is 1.05 bits per heavy atom. The molecular formula is C37H52O5Si2. The average molecular weight is 633 g/mol. The fourth-order valence-corrected chi connectivity index (χ4v) is 9.01. The lowest BCUT2D eigenvalue weighted by Crippen LogP contribution is -2.64. The van der Waals surface area contributed by atoms with Gasteiger partial charge in [-0.2, -0.15) is 0 Å². The highest BCUT2D eigenvalue weighted by molar-refractivity contribution is 6.74. The Hall–Kier alpha value is -2.11. The molecule has 0 radical (unpaired) electrons. The first kappa shape index (κ1) is 33.3. The van der Waals surface area contributed by atoms with Crippen molar-refractivity contribution < 1.29 is 23.1 Å². The van der Waals surface area contributed by atoms with Crippen LogP contribution in [-0.4, -0.2) is 46.7 Å². The zero-order valence-corrected chi connectivity index (χ0v) is 29.9. The van der Waals surface area contributed by atoms with E-state index in [-0.39, 0.29) is 35.4 Å². The van der Waals surface area contributed by atoms with E-state index in [1.54, 1.807) is 0 Å². The molecule has 0 amide bonds. The van der Waals surface area contributed by atoms with E-state index in [4.69, 9.17) is 23.1 Å². The van der Waals surface area contributed by atoms with Crippen LogP contribution in [0.5, 0.6) is 0 Å². The maximum absolute atomic E-state index is 7.34. The molecule has 0 aromatic heterocycles. The summed E-state index contributed by atoms with van der Waals surface area (Å²) in [4.78, 5) is 0. The Labute approximate surface area is 267 Å². The highest BCUT2D eigenvalue weighted by Crippen LogP contribution is 2.61. The van der Waals surface area contributed by atoms with Crippen molar-refractivity contribution in [2.24, 2.45) is 5.92 Å². The molecule has 3 aromatic carbocycles. The third-order valence-electron chi connectivity index (χ3n) is 9.41. The van der Waals surface area contributed by atoms with E-state index in [0.717, 1.165) is 23.1 Å². The zero-order valence-electron chi connectivity index (χ0n) is 27.9. The molecule has 44 heavy (non-hydrogen) atoms. The van der Waals surface area contributed by atoms with E-state index in [1.807, 2.05) is 18.2 Å². The van der Waals surface area contributed by atoms with Crippen molar-refractivity contribution in [3.63, 3.8) is 0 Å². The van der Waals surface area contributed by atoms with Crippen LogP contribution in [0.25, 0.3) is 0 Å². The standard InChI is InChI=1S/C37H52O5Si2/c1-36(2,3)44(7,8)41-32-31-24-37(31,42-43(4,5)6)35(40-27-30-22-16-11-17-23-30)34(39-26-29-20-14-10-15-21-29)33(32)38-25-28-18-12-9-13-19-28/h9-23,31-35H,24-27H2,1-8H3/t31-,32-,33-,34+,35-,37+/m0/s1. The topological polar surface area (TPSA) is 46.2 Å². The second-order valence-corrected chi connectivity index (χ2v) is 24.2. The smallest absolute Gasteiger partial charge is 0.192 e. The molecule has 5 rings (SSSR count). The first-order valence-electron chi connectivity index (χ1n) is 16.1. The summed E-state index contributed by atoms with van der Waals surface area (Å²) in [6.45, 7) is 19.8.